The molecule has 2 aromatic heterocycles. The summed E-state index contributed by atoms with van der Waals surface area (Å²) in [4.78, 5) is 13.3. The van der Waals surface area contributed by atoms with Crippen molar-refractivity contribution in [1.29, 1.82) is 4.78 Å². The molecule has 3 saturated carbocycles. The molecular formula is C22H26F4N5O3S+. The van der Waals surface area contributed by atoms with E-state index >= 15 is 0 Å². The molecule has 0 aromatic carbocycles. The van der Waals surface area contributed by atoms with Crippen molar-refractivity contribution in [1.82, 2.24) is 9.78 Å². The van der Waals surface area contributed by atoms with Gasteiger partial charge in [-0.3, -0.25) is 14.7 Å². The first-order valence-electron chi connectivity index (χ1n) is 11.4. The minimum atomic E-state index is -4.83. The lowest BCUT2D eigenvalue weighted by Gasteiger charge is -2.26. The Labute approximate surface area is 199 Å². The SMILES string of the molecule is CS(=N)(=O)c1cc(NC(=O)c2c(C(F)(F)F)c(C3CC3)nn2CC23CCC(F)(CC2)C3)cc[n+]1O. The number of nitrogens with one attached hydrogen (secondary N) is 2. The molecule has 3 fully saturated rings. The van der Waals surface area contributed by atoms with Crippen LogP contribution in [0.25, 0.3) is 0 Å². The first kappa shape index (κ1) is 24.0. The van der Waals surface area contributed by atoms with Crippen LogP contribution in [-0.4, -0.2) is 37.0 Å². The fourth-order valence-electron chi connectivity index (χ4n) is 5.56. The van der Waals surface area contributed by atoms with Gasteiger partial charge in [0.1, 0.15) is 26.7 Å². The van der Waals surface area contributed by atoms with Gasteiger partial charge >= 0.3 is 11.2 Å². The number of fused-ring (bicyclic) bond motifs is 2. The molecule has 1 atom stereocenters. The van der Waals surface area contributed by atoms with Gasteiger partial charge in [-0.15, -0.1) is 0 Å². The van der Waals surface area contributed by atoms with Gasteiger partial charge in [-0.1, -0.05) is 0 Å². The van der Waals surface area contributed by atoms with Gasteiger partial charge in [-0.2, -0.15) is 18.3 Å². The van der Waals surface area contributed by atoms with E-state index in [2.05, 4.69) is 10.4 Å². The zero-order valence-electron chi connectivity index (χ0n) is 19.0. The lowest BCUT2D eigenvalue weighted by atomic mass is 9.84. The molecular weight excluding hydrogens is 490 g/mol. The lowest BCUT2D eigenvalue weighted by molar-refractivity contribution is -0.932. The van der Waals surface area contributed by atoms with Crippen LogP contribution in [0, 0.1) is 10.2 Å². The summed E-state index contributed by atoms with van der Waals surface area (Å²) >= 11 is 0. The van der Waals surface area contributed by atoms with Gasteiger partial charge in [0.05, 0.1) is 11.4 Å². The maximum Gasteiger partial charge on any atom is 0.420 e. The molecule has 1 amide bonds. The molecule has 3 N–H and O–H groups in total. The molecule has 13 heteroatoms. The van der Waals surface area contributed by atoms with E-state index in [1.165, 1.54) is 6.07 Å². The van der Waals surface area contributed by atoms with E-state index in [4.69, 9.17) is 4.78 Å². The van der Waals surface area contributed by atoms with E-state index in [-0.39, 0.29) is 35.3 Å². The van der Waals surface area contributed by atoms with Gasteiger partial charge in [-0.25, -0.2) is 13.4 Å². The normalized spacial score (nSPS) is 27.7. The predicted molar refractivity (Wildman–Crippen MR) is 115 cm³/mol. The second-order valence-electron chi connectivity index (χ2n) is 10.3. The molecule has 5 rings (SSSR count). The third kappa shape index (κ3) is 4.38. The summed E-state index contributed by atoms with van der Waals surface area (Å²) in [5.41, 5.74) is -3.75. The van der Waals surface area contributed by atoms with E-state index in [0.29, 0.717) is 43.3 Å². The van der Waals surface area contributed by atoms with Crippen molar-refractivity contribution in [2.75, 3.05) is 11.6 Å². The molecule has 0 aliphatic heterocycles. The summed E-state index contributed by atoms with van der Waals surface area (Å²) in [5, 5.41) is 16.2. The Balaban J connectivity index is 1.56. The van der Waals surface area contributed by atoms with Gasteiger partial charge in [0, 0.05) is 35.6 Å². The van der Waals surface area contributed by atoms with Crippen LogP contribution in [0.2, 0.25) is 0 Å². The molecule has 0 saturated heterocycles. The fraction of sp³-hybridized carbons (Fsp3) is 0.591. The van der Waals surface area contributed by atoms with Crippen molar-refractivity contribution in [2.45, 2.75) is 74.3 Å². The average Bonchev–Trinajstić information content (AvgIpc) is 3.33. The molecule has 35 heavy (non-hydrogen) atoms. The molecule has 3 aliphatic carbocycles. The Hall–Kier alpha value is -2.70. The molecule has 190 valence electrons. The number of carbonyl (C=O) groups is 1. The highest BCUT2D eigenvalue weighted by Crippen LogP contribution is 2.59. The first-order valence-corrected chi connectivity index (χ1v) is 13.3. The quantitative estimate of drug-likeness (QED) is 0.303. The van der Waals surface area contributed by atoms with Crippen molar-refractivity contribution in [3.63, 3.8) is 0 Å². The molecule has 0 spiro atoms. The van der Waals surface area contributed by atoms with Gasteiger partial charge in [-0.05, 0) is 50.4 Å². The van der Waals surface area contributed by atoms with Gasteiger partial charge in [0.2, 0.25) is 6.20 Å². The molecule has 2 bridgehead atoms. The summed E-state index contributed by atoms with van der Waals surface area (Å²) in [6.07, 6.45) is 0.375. The van der Waals surface area contributed by atoms with Crippen molar-refractivity contribution in [3.8, 4) is 0 Å². The number of anilines is 1. The van der Waals surface area contributed by atoms with Crippen LogP contribution in [-0.2, 0) is 22.5 Å². The van der Waals surface area contributed by atoms with Crippen LogP contribution in [0.3, 0.4) is 0 Å². The predicted octanol–water partition coefficient (Wildman–Crippen LogP) is 4.26. The van der Waals surface area contributed by atoms with E-state index in [0.717, 1.165) is 23.2 Å². The van der Waals surface area contributed by atoms with Crippen LogP contribution in [0.1, 0.15) is 72.6 Å². The Kier molecular flexibility index (Phi) is 5.25. The van der Waals surface area contributed by atoms with E-state index < -0.39 is 44.2 Å². The van der Waals surface area contributed by atoms with Crippen molar-refractivity contribution in [2.24, 2.45) is 5.41 Å². The van der Waals surface area contributed by atoms with Gasteiger partial charge in [0.15, 0.2) is 0 Å². The minimum absolute atomic E-state index is 0.0173. The Morgan fingerprint density at radius 1 is 1.34 bits per heavy atom. The van der Waals surface area contributed by atoms with Crippen molar-refractivity contribution < 1.29 is 36.5 Å². The number of nitrogens with zero attached hydrogens (tertiary/aromatic N) is 3. The number of amides is 1. The van der Waals surface area contributed by atoms with Crippen LogP contribution in [0.5, 0.6) is 0 Å². The molecule has 0 radical (unpaired) electrons. The topological polar surface area (TPSA) is 112 Å². The Morgan fingerprint density at radius 3 is 2.51 bits per heavy atom. The number of pyridine rings is 1. The summed E-state index contributed by atoms with van der Waals surface area (Å²) in [6.45, 7) is 0.0173. The third-order valence-corrected chi connectivity index (χ3v) is 8.49. The number of hydrogen-bond donors (Lipinski definition) is 3. The molecule has 1 unspecified atom stereocenters. The number of alkyl halides is 4. The summed E-state index contributed by atoms with van der Waals surface area (Å²) in [6, 6.07) is 2.29. The van der Waals surface area contributed by atoms with Gasteiger partial charge in [0.25, 0.3) is 5.91 Å². The summed E-state index contributed by atoms with van der Waals surface area (Å²) < 4.78 is 78.9. The summed E-state index contributed by atoms with van der Waals surface area (Å²) in [5.74, 6) is -1.45. The number of halogens is 4. The second-order valence-corrected chi connectivity index (χ2v) is 12.4. The minimum Gasteiger partial charge on any atom is -0.320 e. The fourth-order valence-corrected chi connectivity index (χ4v) is 6.33. The summed E-state index contributed by atoms with van der Waals surface area (Å²) in [7, 11) is -3.39. The Morgan fingerprint density at radius 2 is 2.00 bits per heavy atom. The highest BCUT2D eigenvalue weighted by molar-refractivity contribution is 7.91. The highest BCUT2D eigenvalue weighted by Gasteiger charge is 2.56. The highest BCUT2D eigenvalue weighted by atomic mass is 32.2. The molecule has 8 nitrogen and oxygen atoms in total. The first-order chi connectivity index (χ1) is 16.2. The Bertz CT molecular complexity index is 1310. The average molecular weight is 517 g/mol. The van der Waals surface area contributed by atoms with Crippen molar-refractivity contribution >= 4 is 21.3 Å². The van der Waals surface area contributed by atoms with E-state index in [1.807, 2.05) is 0 Å². The zero-order chi connectivity index (χ0) is 25.4. The van der Waals surface area contributed by atoms with E-state index in [1.54, 1.807) is 0 Å². The third-order valence-electron chi connectivity index (χ3n) is 7.38. The van der Waals surface area contributed by atoms with Crippen molar-refractivity contribution in [3.05, 3.63) is 35.3 Å². The maximum atomic E-state index is 14.8. The van der Waals surface area contributed by atoms with Crippen LogP contribution < -0.4 is 10.0 Å². The van der Waals surface area contributed by atoms with Crippen LogP contribution in [0.4, 0.5) is 23.2 Å². The van der Waals surface area contributed by atoms with Gasteiger partial charge < -0.3 is 5.32 Å². The second kappa shape index (κ2) is 7.65. The number of aromatic nitrogens is 3. The monoisotopic (exact) mass is 516 g/mol. The molecule has 2 heterocycles. The molecule has 3 aliphatic rings. The lowest BCUT2D eigenvalue weighted by Crippen LogP contribution is -2.36. The zero-order valence-corrected chi connectivity index (χ0v) is 19.8. The maximum absolute atomic E-state index is 14.8. The standard InChI is InChI=1S/C22H25F4N5O3S/c1-35(27,34)15-10-14(4-9-31(15)33)28-19(32)18-16(22(24,25)26)17(13-2-3-13)29-30(18)12-20-5-7-21(23,11-20)8-6-20/h4,9-10,13,27,33H,2-3,5-8,11-12H2,1H3/p+1. The largest absolute Gasteiger partial charge is 0.420 e. The van der Waals surface area contributed by atoms with E-state index in [9.17, 15) is 31.8 Å². The number of hydrogen-bond acceptors (Lipinski definition) is 5. The smallest absolute Gasteiger partial charge is 0.320 e. The van der Waals surface area contributed by atoms with Crippen LogP contribution >= 0.6 is 0 Å². The molecule has 2 aromatic rings. The number of rotatable bonds is 6. The number of carbonyl (C=O) groups excluding carboxylic acids is 1. The van der Waals surface area contributed by atoms with Crippen LogP contribution in [0.15, 0.2) is 23.4 Å².